The van der Waals surface area contributed by atoms with E-state index in [1.807, 2.05) is 0 Å². The van der Waals surface area contributed by atoms with Crippen molar-refractivity contribution in [2.45, 2.75) is 36.7 Å². The van der Waals surface area contributed by atoms with Gasteiger partial charge in [0.15, 0.2) is 0 Å². The summed E-state index contributed by atoms with van der Waals surface area (Å²) in [6.45, 7) is 0.433. The van der Waals surface area contributed by atoms with Crippen molar-refractivity contribution in [3.8, 4) is 11.3 Å². The molecule has 3 aromatic heterocycles. The van der Waals surface area contributed by atoms with Gasteiger partial charge < -0.3 is 4.90 Å². The number of sulfonamides is 2. The Morgan fingerprint density at radius 2 is 1.75 bits per heavy atom. The Balaban J connectivity index is 1.49. The molecule has 0 aliphatic carbocycles. The fourth-order valence-corrected chi connectivity index (χ4v) is 6.52. The van der Waals surface area contributed by atoms with Crippen LogP contribution >= 0.6 is 0 Å². The van der Waals surface area contributed by atoms with Crippen LogP contribution in [0.1, 0.15) is 30.4 Å². The first kappa shape index (κ1) is 31.5. The van der Waals surface area contributed by atoms with Gasteiger partial charge in [0.05, 0.1) is 29.0 Å². The maximum absolute atomic E-state index is 14.5. The van der Waals surface area contributed by atoms with Crippen molar-refractivity contribution in [3.63, 3.8) is 0 Å². The van der Waals surface area contributed by atoms with Crippen molar-refractivity contribution in [3.05, 3.63) is 76.1 Å². The Labute approximate surface area is 251 Å². The largest absolute Gasteiger partial charge is 0.341 e. The van der Waals surface area contributed by atoms with Crippen LogP contribution in [-0.2, 0) is 26.6 Å². The van der Waals surface area contributed by atoms with E-state index < -0.39 is 43.4 Å². The average Bonchev–Trinajstić information content (AvgIpc) is 2.97. The molecule has 2 N–H and O–H groups in total. The van der Waals surface area contributed by atoms with Gasteiger partial charge in [0, 0.05) is 49.5 Å². The van der Waals surface area contributed by atoms with E-state index in [0.29, 0.717) is 31.5 Å². The van der Waals surface area contributed by atoms with Crippen LogP contribution in [0, 0.1) is 5.82 Å². The highest BCUT2D eigenvalue weighted by atomic mass is 32.2. The predicted molar refractivity (Wildman–Crippen MR) is 157 cm³/mol. The molecule has 0 radical (unpaired) electrons. The fourth-order valence-electron chi connectivity index (χ4n) is 5.11. The van der Waals surface area contributed by atoms with Crippen molar-refractivity contribution >= 4 is 37.0 Å². The summed E-state index contributed by atoms with van der Waals surface area (Å²) in [5, 5.41) is 5.36. The first-order valence-electron chi connectivity index (χ1n) is 13.3. The topological polar surface area (TPSA) is 161 Å². The minimum Gasteiger partial charge on any atom is -0.341 e. The summed E-state index contributed by atoms with van der Waals surface area (Å²) in [4.78, 5) is 27.8. The molecule has 0 unspecified atom stereocenters. The number of fused-ring (bicyclic) bond motifs is 1. The lowest BCUT2D eigenvalue weighted by Crippen LogP contribution is -2.45. The Bertz CT molecular complexity index is 2000. The van der Waals surface area contributed by atoms with Crippen LogP contribution in [0.5, 0.6) is 0 Å². The van der Waals surface area contributed by atoms with Crippen molar-refractivity contribution in [1.29, 1.82) is 0 Å². The zero-order valence-corrected chi connectivity index (χ0v) is 25.2. The van der Waals surface area contributed by atoms with E-state index in [2.05, 4.69) is 15.0 Å². The number of nitrogens with two attached hydrogens (primary N) is 1. The summed E-state index contributed by atoms with van der Waals surface area (Å²) in [7, 11) is -5.67. The number of alkyl halides is 2. The molecule has 12 nitrogen and oxygen atoms in total. The third kappa shape index (κ3) is 6.45. The molecule has 4 heterocycles. The Kier molecular flexibility index (Phi) is 8.50. The minimum atomic E-state index is -4.10. The van der Waals surface area contributed by atoms with Crippen molar-refractivity contribution in [2.24, 2.45) is 5.14 Å². The highest BCUT2D eigenvalue weighted by molar-refractivity contribution is 7.89. The highest BCUT2D eigenvalue weighted by Gasteiger charge is 2.28. The second kappa shape index (κ2) is 11.9. The van der Waals surface area contributed by atoms with Crippen LogP contribution in [-0.4, -0.2) is 73.1 Å². The molecule has 0 saturated carbocycles. The summed E-state index contributed by atoms with van der Waals surface area (Å²) >= 11 is 0. The summed E-state index contributed by atoms with van der Waals surface area (Å²) in [6.07, 6.45) is 1.79. The van der Waals surface area contributed by atoms with Gasteiger partial charge in [0.1, 0.15) is 11.5 Å². The number of piperidine rings is 1. The first-order chi connectivity index (χ1) is 20.6. The Morgan fingerprint density at radius 3 is 2.34 bits per heavy atom. The fraction of sp³-hybridized carbons (Fsp3) is 0.333. The van der Waals surface area contributed by atoms with Crippen LogP contribution in [0.4, 0.5) is 19.1 Å². The molecule has 1 saturated heterocycles. The molecule has 1 aliphatic rings. The number of halogens is 3. The van der Waals surface area contributed by atoms with E-state index in [4.69, 9.17) is 5.14 Å². The van der Waals surface area contributed by atoms with Gasteiger partial charge in [-0.05, 0) is 48.7 Å². The second-order valence-electron chi connectivity index (χ2n) is 10.5. The Morgan fingerprint density at radius 1 is 1.05 bits per heavy atom. The highest BCUT2D eigenvalue weighted by Crippen LogP contribution is 2.26. The van der Waals surface area contributed by atoms with Crippen LogP contribution < -0.4 is 15.6 Å². The molecule has 1 aromatic carbocycles. The lowest BCUT2D eigenvalue weighted by atomic mass is 10.1. The number of hydrogen-bond donors (Lipinski definition) is 1. The maximum Gasteiger partial charge on any atom is 0.269 e. The molecule has 0 amide bonds. The molecule has 4 aromatic rings. The smallest absolute Gasteiger partial charge is 0.269 e. The van der Waals surface area contributed by atoms with Gasteiger partial charge in [-0.1, -0.05) is 6.07 Å². The van der Waals surface area contributed by atoms with Crippen LogP contribution in [0.15, 0.2) is 58.5 Å². The zero-order valence-electron chi connectivity index (χ0n) is 23.6. The minimum absolute atomic E-state index is 0.0865. The molecule has 17 heteroatoms. The van der Waals surface area contributed by atoms with Crippen LogP contribution in [0.3, 0.4) is 0 Å². The van der Waals surface area contributed by atoms with E-state index in [1.165, 1.54) is 28.8 Å². The normalized spacial score (nSPS) is 15.2. The van der Waals surface area contributed by atoms with Gasteiger partial charge >= 0.3 is 0 Å². The molecule has 1 aliphatic heterocycles. The number of hydrogen-bond acceptors (Lipinski definition) is 9. The quantitative estimate of drug-likeness (QED) is 0.302. The second-order valence-corrected chi connectivity index (χ2v) is 14.0. The molecule has 0 atom stereocenters. The number of primary sulfonamides is 1. The van der Waals surface area contributed by atoms with E-state index in [9.17, 15) is 34.8 Å². The van der Waals surface area contributed by atoms with Crippen molar-refractivity contribution in [1.82, 2.24) is 23.8 Å². The lowest BCUT2D eigenvalue weighted by molar-refractivity contribution is 0.149. The van der Waals surface area contributed by atoms with Crippen LogP contribution in [0.2, 0.25) is 0 Å². The number of pyridine rings is 2. The van der Waals surface area contributed by atoms with E-state index >= 15 is 0 Å². The molecular weight excluding hydrogens is 623 g/mol. The summed E-state index contributed by atoms with van der Waals surface area (Å²) < 4.78 is 91.8. The third-order valence-corrected chi connectivity index (χ3v) is 9.75. The SMILES string of the molecule is CN(c1ncc2cc(C(F)F)c(=O)n(Cc3ccc(-c4cc(S(N)(=O)=O)ccc4F)nc3)c2n1)C1CCN(S(C)(=O)=O)CC1. The average molecular weight is 652 g/mol. The number of rotatable bonds is 8. The predicted octanol–water partition coefficient (Wildman–Crippen LogP) is 2.49. The monoisotopic (exact) mass is 651 g/mol. The first-order valence-corrected chi connectivity index (χ1v) is 16.7. The third-order valence-electron chi connectivity index (χ3n) is 7.54. The summed E-state index contributed by atoms with van der Waals surface area (Å²) in [6, 6.07) is 6.89. The molecule has 5 rings (SSSR count). The van der Waals surface area contributed by atoms with Crippen molar-refractivity contribution < 1.29 is 30.0 Å². The number of benzene rings is 1. The molecule has 234 valence electrons. The molecule has 44 heavy (non-hydrogen) atoms. The van der Waals surface area contributed by atoms with Gasteiger partial charge in [-0.25, -0.2) is 44.4 Å². The van der Waals surface area contributed by atoms with Gasteiger partial charge in [0.25, 0.3) is 12.0 Å². The van der Waals surface area contributed by atoms with Crippen molar-refractivity contribution in [2.75, 3.05) is 31.3 Å². The maximum atomic E-state index is 14.5. The van der Waals surface area contributed by atoms with Gasteiger partial charge in [-0.15, -0.1) is 0 Å². The van der Waals surface area contributed by atoms with Gasteiger partial charge in [0.2, 0.25) is 26.0 Å². The zero-order chi connectivity index (χ0) is 32.0. The Hall–Kier alpha value is -3.93. The number of aromatic nitrogens is 4. The standard InChI is InChI=1S/C27H28F3N7O5S2/c1-35(18-7-9-36(10-8-18)43(2,39)40)27-33-14-17-11-21(24(29)30)26(38)37(25(17)34-27)15-16-3-6-23(32-13-16)20-12-19(44(31,41)42)4-5-22(20)28/h3-6,11-14,18,24H,7-10,15H2,1-2H3,(H2,31,41,42). The summed E-state index contributed by atoms with van der Waals surface area (Å²) in [5.74, 6) is -0.508. The number of nitrogens with zero attached hydrogens (tertiary/aromatic N) is 6. The van der Waals surface area contributed by atoms with E-state index in [-0.39, 0.29) is 45.7 Å². The number of anilines is 1. The summed E-state index contributed by atoms with van der Waals surface area (Å²) in [5.41, 5.74) is -1.23. The molecular formula is C27H28F3N7O5S2. The molecule has 1 fully saturated rings. The molecule has 0 spiro atoms. The van der Waals surface area contributed by atoms with E-state index in [0.717, 1.165) is 35.1 Å². The van der Waals surface area contributed by atoms with Crippen LogP contribution in [0.25, 0.3) is 22.3 Å². The van der Waals surface area contributed by atoms with Gasteiger partial charge in [-0.3, -0.25) is 14.3 Å². The molecule has 0 bridgehead atoms. The van der Waals surface area contributed by atoms with E-state index in [1.54, 1.807) is 11.9 Å². The lowest BCUT2D eigenvalue weighted by Gasteiger charge is -2.35. The van der Waals surface area contributed by atoms with Gasteiger partial charge in [-0.2, -0.15) is 4.98 Å².